The molecule has 1 aliphatic rings. The van der Waals surface area contributed by atoms with Crippen molar-refractivity contribution in [1.82, 2.24) is 4.98 Å². The maximum atomic E-state index is 5.67. The van der Waals surface area contributed by atoms with Crippen LogP contribution in [0.4, 0.5) is 0 Å². The zero-order valence-electron chi connectivity index (χ0n) is 5.00. The van der Waals surface area contributed by atoms with Gasteiger partial charge in [0.05, 0.1) is 11.7 Å². The average Bonchev–Trinajstić information content (AvgIpc) is 2.35. The Hall–Kier alpha value is -0.830. The molecule has 48 valence electrons. The lowest BCUT2D eigenvalue weighted by atomic mass is 10.3. The summed E-state index contributed by atoms with van der Waals surface area (Å²) in [5.41, 5.74) is 6.62. The Balaban J connectivity index is 2.49. The Morgan fingerprint density at radius 2 is 2.67 bits per heavy atom. The van der Waals surface area contributed by atoms with Crippen molar-refractivity contribution in [3.05, 3.63) is 17.8 Å². The second-order valence-corrected chi connectivity index (χ2v) is 2.31. The predicted octanol–water partition coefficient (Wildman–Crippen LogP) is 0.621. The van der Waals surface area contributed by atoms with E-state index in [-0.39, 0.29) is 6.04 Å². The molecule has 2 rings (SSSR count). The first-order valence-corrected chi connectivity index (χ1v) is 3.06. The van der Waals surface area contributed by atoms with Crippen LogP contribution in [-0.4, -0.2) is 4.98 Å². The van der Waals surface area contributed by atoms with Gasteiger partial charge in [-0.2, -0.15) is 0 Å². The molecule has 3 heteroatoms. The summed E-state index contributed by atoms with van der Waals surface area (Å²) in [5, 5.41) is 0. The van der Waals surface area contributed by atoms with E-state index in [0.717, 1.165) is 24.3 Å². The van der Waals surface area contributed by atoms with Crippen LogP contribution < -0.4 is 5.73 Å². The maximum absolute atomic E-state index is 5.67. The highest BCUT2D eigenvalue weighted by Crippen LogP contribution is 2.26. The summed E-state index contributed by atoms with van der Waals surface area (Å²) in [7, 11) is 0. The van der Waals surface area contributed by atoms with E-state index in [1.807, 2.05) is 0 Å². The lowest BCUT2D eigenvalue weighted by Gasteiger charge is -1.94. The Kier molecular flexibility index (Phi) is 0.873. The molecule has 1 unspecified atom stereocenters. The number of rotatable bonds is 0. The first-order valence-electron chi connectivity index (χ1n) is 3.06. The normalized spacial score (nSPS) is 24.3. The van der Waals surface area contributed by atoms with Gasteiger partial charge >= 0.3 is 0 Å². The second-order valence-electron chi connectivity index (χ2n) is 2.31. The number of hydrogen-bond donors (Lipinski definition) is 1. The fraction of sp³-hybridized carbons (Fsp3) is 0.500. The Morgan fingerprint density at radius 1 is 1.78 bits per heavy atom. The lowest BCUT2D eigenvalue weighted by molar-refractivity contribution is 0.505. The first kappa shape index (κ1) is 4.99. The number of fused-ring (bicyclic) bond motifs is 1. The van der Waals surface area contributed by atoms with Crippen LogP contribution in [0.1, 0.15) is 23.9 Å². The molecular weight excluding hydrogens is 116 g/mol. The van der Waals surface area contributed by atoms with Crippen molar-refractivity contribution >= 4 is 0 Å². The van der Waals surface area contributed by atoms with Gasteiger partial charge in [-0.1, -0.05) is 0 Å². The average molecular weight is 124 g/mol. The van der Waals surface area contributed by atoms with Crippen molar-refractivity contribution < 1.29 is 4.42 Å². The summed E-state index contributed by atoms with van der Waals surface area (Å²) in [4.78, 5) is 3.99. The van der Waals surface area contributed by atoms with Crippen LogP contribution in [0.15, 0.2) is 10.8 Å². The molecule has 0 amide bonds. The third-order valence-electron chi connectivity index (χ3n) is 1.71. The zero-order valence-corrected chi connectivity index (χ0v) is 5.00. The molecule has 0 saturated carbocycles. The number of aryl methyl sites for hydroxylation is 1. The number of nitrogens with two attached hydrogens (primary N) is 1. The van der Waals surface area contributed by atoms with Crippen molar-refractivity contribution in [3.8, 4) is 0 Å². The van der Waals surface area contributed by atoms with Gasteiger partial charge in [0.1, 0.15) is 5.76 Å². The molecule has 1 heterocycles. The second kappa shape index (κ2) is 1.57. The van der Waals surface area contributed by atoms with E-state index in [4.69, 9.17) is 10.2 Å². The number of aromatic nitrogens is 1. The van der Waals surface area contributed by atoms with Crippen LogP contribution in [-0.2, 0) is 6.42 Å². The van der Waals surface area contributed by atoms with Crippen LogP contribution in [0.5, 0.6) is 0 Å². The van der Waals surface area contributed by atoms with Gasteiger partial charge in [-0.15, -0.1) is 0 Å². The van der Waals surface area contributed by atoms with Crippen LogP contribution in [0.2, 0.25) is 0 Å². The molecule has 1 aromatic rings. The number of hydrogen-bond acceptors (Lipinski definition) is 3. The fourth-order valence-electron chi connectivity index (χ4n) is 1.19. The highest BCUT2D eigenvalue weighted by Gasteiger charge is 2.22. The van der Waals surface area contributed by atoms with Gasteiger partial charge in [-0.05, 0) is 6.42 Å². The van der Waals surface area contributed by atoms with Gasteiger partial charge in [-0.3, -0.25) is 0 Å². The van der Waals surface area contributed by atoms with E-state index in [1.165, 1.54) is 6.39 Å². The molecule has 3 nitrogen and oxygen atoms in total. The van der Waals surface area contributed by atoms with Gasteiger partial charge in [0.2, 0.25) is 0 Å². The van der Waals surface area contributed by atoms with Gasteiger partial charge in [-0.25, -0.2) is 4.98 Å². The zero-order chi connectivity index (χ0) is 6.27. The molecular formula is C6H8N2O. The van der Waals surface area contributed by atoms with E-state index >= 15 is 0 Å². The monoisotopic (exact) mass is 124 g/mol. The van der Waals surface area contributed by atoms with Crippen molar-refractivity contribution in [2.24, 2.45) is 5.73 Å². The topological polar surface area (TPSA) is 52.0 Å². The van der Waals surface area contributed by atoms with Gasteiger partial charge in [0.15, 0.2) is 6.39 Å². The summed E-state index contributed by atoms with van der Waals surface area (Å²) in [6.07, 6.45) is 3.40. The van der Waals surface area contributed by atoms with Crippen LogP contribution >= 0.6 is 0 Å². The Morgan fingerprint density at radius 3 is 3.44 bits per heavy atom. The fourth-order valence-corrected chi connectivity index (χ4v) is 1.19. The minimum atomic E-state index is 0.124. The van der Waals surface area contributed by atoms with Crippen molar-refractivity contribution in [2.75, 3.05) is 0 Å². The van der Waals surface area contributed by atoms with Crippen molar-refractivity contribution in [1.29, 1.82) is 0 Å². The van der Waals surface area contributed by atoms with Crippen molar-refractivity contribution in [3.63, 3.8) is 0 Å². The molecule has 1 aromatic heterocycles. The summed E-state index contributed by atoms with van der Waals surface area (Å²) < 4.78 is 5.06. The minimum absolute atomic E-state index is 0.124. The predicted molar refractivity (Wildman–Crippen MR) is 31.8 cm³/mol. The largest absolute Gasteiger partial charge is 0.448 e. The van der Waals surface area contributed by atoms with Gasteiger partial charge in [0, 0.05) is 6.42 Å². The lowest BCUT2D eigenvalue weighted by Crippen LogP contribution is -2.05. The third-order valence-corrected chi connectivity index (χ3v) is 1.71. The van der Waals surface area contributed by atoms with Gasteiger partial charge < -0.3 is 10.2 Å². The third kappa shape index (κ3) is 0.580. The summed E-state index contributed by atoms with van der Waals surface area (Å²) in [6, 6.07) is 0.124. The molecule has 2 N–H and O–H groups in total. The van der Waals surface area contributed by atoms with E-state index in [0.29, 0.717) is 0 Å². The summed E-state index contributed by atoms with van der Waals surface area (Å²) in [6.45, 7) is 0. The standard InChI is InChI=1S/C6H8N2O/c7-4-1-2-5-6(4)8-3-9-5/h3-4H,1-2,7H2. The van der Waals surface area contributed by atoms with Crippen molar-refractivity contribution in [2.45, 2.75) is 18.9 Å². The molecule has 0 bridgehead atoms. The summed E-state index contributed by atoms with van der Waals surface area (Å²) >= 11 is 0. The highest BCUT2D eigenvalue weighted by atomic mass is 16.3. The smallest absolute Gasteiger partial charge is 0.181 e. The van der Waals surface area contributed by atoms with Gasteiger partial charge in [0.25, 0.3) is 0 Å². The van der Waals surface area contributed by atoms with E-state index in [2.05, 4.69) is 4.98 Å². The molecule has 0 aliphatic heterocycles. The van der Waals surface area contributed by atoms with Crippen LogP contribution in [0.25, 0.3) is 0 Å². The van der Waals surface area contributed by atoms with Crippen LogP contribution in [0.3, 0.4) is 0 Å². The first-order chi connectivity index (χ1) is 4.38. The Bertz CT molecular complexity index is 219. The van der Waals surface area contributed by atoms with E-state index in [9.17, 15) is 0 Å². The molecule has 1 aliphatic carbocycles. The van der Waals surface area contributed by atoms with E-state index < -0.39 is 0 Å². The molecule has 0 saturated heterocycles. The SMILES string of the molecule is NC1CCc2ocnc21. The molecule has 0 spiro atoms. The van der Waals surface area contributed by atoms with Crippen LogP contribution in [0, 0.1) is 0 Å². The molecule has 9 heavy (non-hydrogen) atoms. The molecule has 0 radical (unpaired) electrons. The maximum Gasteiger partial charge on any atom is 0.181 e. The summed E-state index contributed by atoms with van der Waals surface area (Å²) in [5.74, 6) is 0.975. The molecule has 1 atom stereocenters. The minimum Gasteiger partial charge on any atom is -0.448 e. The Labute approximate surface area is 52.9 Å². The number of nitrogens with zero attached hydrogens (tertiary/aromatic N) is 1. The molecule has 0 aromatic carbocycles. The van der Waals surface area contributed by atoms with E-state index in [1.54, 1.807) is 0 Å². The number of oxazole rings is 1. The quantitative estimate of drug-likeness (QED) is 0.551. The molecule has 0 fully saturated rings. The highest BCUT2D eigenvalue weighted by molar-refractivity contribution is 5.17.